The molecule has 2 saturated carbocycles. The van der Waals surface area contributed by atoms with Crippen molar-refractivity contribution in [3.63, 3.8) is 0 Å². The predicted molar refractivity (Wildman–Crippen MR) is 124 cm³/mol. The number of ketones is 1. The molecule has 0 aromatic heterocycles. The van der Waals surface area contributed by atoms with Gasteiger partial charge in [0, 0.05) is 24.8 Å². The van der Waals surface area contributed by atoms with Crippen LogP contribution in [0.25, 0.3) is 0 Å². The Morgan fingerprint density at radius 3 is 2.61 bits per heavy atom. The minimum atomic E-state index is -1.72. The van der Waals surface area contributed by atoms with Crippen molar-refractivity contribution in [1.82, 2.24) is 4.90 Å². The number of piperidine rings is 1. The number of carbonyl (C=O) groups excluding carboxylic acids is 3. The number of fused-ring (bicyclic) bond motifs is 1. The highest BCUT2D eigenvalue weighted by atomic mass is 35.6. The molecule has 1 aliphatic heterocycles. The number of benzene rings is 1. The van der Waals surface area contributed by atoms with Gasteiger partial charge in [-0.25, -0.2) is 4.79 Å². The monoisotopic (exact) mass is 513 g/mol. The van der Waals surface area contributed by atoms with E-state index >= 15 is 0 Å². The lowest BCUT2D eigenvalue weighted by Gasteiger charge is -2.64. The Hall–Kier alpha value is -1.50. The van der Waals surface area contributed by atoms with Crippen LogP contribution < -0.4 is 0 Å². The number of carbonyl (C=O) groups is 3. The number of amides is 1. The van der Waals surface area contributed by atoms with Crippen LogP contribution in [0.2, 0.25) is 0 Å². The van der Waals surface area contributed by atoms with E-state index in [1.165, 1.54) is 0 Å². The van der Waals surface area contributed by atoms with Crippen LogP contribution in [0.15, 0.2) is 24.3 Å². The first-order chi connectivity index (χ1) is 15.7. The molecular weight excluding hydrogens is 489 g/mol. The molecule has 1 heterocycles. The summed E-state index contributed by atoms with van der Waals surface area (Å²) in [4.78, 5) is 40.8. The van der Waals surface area contributed by atoms with E-state index in [2.05, 4.69) is 0 Å². The minimum Gasteiger partial charge on any atom is -0.456 e. The fourth-order valence-corrected chi connectivity index (χ4v) is 6.48. The normalized spacial score (nSPS) is 31.2. The Labute approximate surface area is 207 Å². The second-order valence-corrected chi connectivity index (χ2v) is 12.2. The molecule has 33 heavy (non-hydrogen) atoms. The first-order valence-electron chi connectivity index (χ1n) is 11.5. The second-order valence-electron chi connectivity index (χ2n) is 9.73. The van der Waals surface area contributed by atoms with Crippen molar-refractivity contribution in [2.24, 2.45) is 5.92 Å². The van der Waals surface area contributed by atoms with Gasteiger partial charge in [-0.15, -0.1) is 0 Å². The summed E-state index contributed by atoms with van der Waals surface area (Å²) >= 11 is 17.4. The van der Waals surface area contributed by atoms with Crippen LogP contribution in [0.3, 0.4) is 0 Å². The SMILES string of the molecule is O=C1CC[C@@]2(OC(=O)C3CCC3)[C@H]3Cc4ccccc4[C@@]2(CCN3C(=O)OCC(Cl)(Cl)Cl)C1. The molecule has 1 aromatic rings. The molecule has 1 amide bonds. The summed E-state index contributed by atoms with van der Waals surface area (Å²) in [6.45, 7) is -0.0114. The molecule has 0 radical (unpaired) electrons. The fourth-order valence-electron chi connectivity index (χ4n) is 6.32. The minimum absolute atomic E-state index is 0.114. The van der Waals surface area contributed by atoms with Gasteiger partial charge in [0.15, 0.2) is 0 Å². The molecule has 9 heteroatoms. The summed E-state index contributed by atoms with van der Waals surface area (Å²) < 4.78 is 10.1. The molecule has 1 aromatic carbocycles. The Morgan fingerprint density at radius 1 is 1.15 bits per heavy atom. The highest BCUT2D eigenvalue weighted by Gasteiger charge is 2.68. The van der Waals surface area contributed by atoms with Gasteiger partial charge >= 0.3 is 12.1 Å². The lowest BCUT2D eigenvalue weighted by Crippen LogP contribution is -2.75. The molecule has 0 spiro atoms. The Morgan fingerprint density at radius 2 is 1.91 bits per heavy atom. The van der Waals surface area contributed by atoms with Gasteiger partial charge in [-0.05, 0) is 43.2 Å². The number of rotatable bonds is 3. The number of hydrogen-bond donors (Lipinski definition) is 0. The molecule has 3 atom stereocenters. The molecule has 178 valence electrons. The molecular formula is C24H26Cl3NO5. The second kappa shape index (κ2) is 8.31. The number of halogens is 3. The molecule has 0 N–H and O–H groups in total. The third-order valence-corrected chi connectivity index (χ3v) is 8.37. The maximum Gasteiger partial charge on any atom is 0.410 e. The van der Waals surface area contributed by atoms with E-state index in [1.807, 2.05) is 24.3 Å². The summed E-state index contributed by atoms with van der Waals surface area (Å²) in [5.41, 5.74) is 0.475. The lowest BCUT2D eigenvalue weighted by molar-refractivity contribution is -0.209. The molecule has 1 saturated heterocycles. The predicted octanol–water partition coefficient (Wildman–Crippen LogP) is 4.90. The third kappa shape index (κ3) is 3.82. The number of alkyl halides is 3. The van der Waals surface area contributed by atoms with Crippen molar-refractivity contribution in [3.8, 4) is 0 Å². The van der Waals surface area contributed by atoms with E-state index in [-0.39, 0.29) is 24.3 Å². The van der Waals surface area contributed by atoms with E-state index in [1.54, 1.807) is 4.90 Å². The maximum absolute atomic E-state index is 13.2. The summed E-state index contributed by atoms with van der Waals surface area (Å²) in [5, 5.41) is 0. The quantitative estimate of drug-likeness (QED) is 0.424. The highest BCUT2D eigenvalue weighted by Crippen LogP contribution is 2.59. The van der Waals surface area contributed by atoms with Gasteiger partial charge in [0.1, 0.15) is 18.0 Å². The number of hydrogen-bond acceptors (Lipinski definition) is 5. The highest BCUT2D eigenvalue weighted by molar-refractivity contribution is 6.67. The van der Waals surface area contributed by atoms with Crippen LogP contribution in [0.1, 0.15) is 56.1 Å². The van der Waals surface area contributed by atoms with Gasteiger partial charge < -0.3 is 14.4 Å². The van der Waals surface area contributed by atoms with Gasteiger partial charge in [0.2, 0.25) is 3.79 Å². The molecule has 5 rings (SSSR count). The summed E-state index contributed by atoms with van der Waals surface area (Å²) in [5.74, 6) is -0.175. The Kier molecular flexibility index (Phi) is 5.86. The number of Topliss-reactive ketones (excluding diaryl/α,β-unsaturated/α-hetero) is 1. The molecule has 6 nitrogen and oxygen atoms in total. The van der Waals surface area contributed by atoms with Crippen molar-refractivity contribution in [3.05, 3.63) is 35.4 Å². The largest absolute Gasteiger partial charge is 0.456 e. The zero-order chi connectivity index (χ0) is 23.4. The molecule has 3 fully saturated rings. The zero-order valence-corrected chi connectivity index (χ0v) is 20.4. The van der Waals surface area contributed by atoms with Crippen molar-refractivity contribution in [2.45, 2.75) is 72.2 Å². The Bertz CT molecular complexity index is 991. The van der Waals surface area contributed by atoms with Crippen LogP contribution >= 0.6 is 34.8 Å². The number of likely N-dealkylation sites (tertiary alicyclic amines) is 1. The average molecular weight is 515 g/mol. The summed E-state index contributed by atoms with van der Waals surface area (Å²) in [6, 6.07) is 7.53. The smallest absolute Gasteiger partial charge is 0.410 e. The lowest BCUT2D eigenvalue weighted by atomic mass is 9.49. The zero-order valence-electron chi connectivity index (χ0n) is 18.2. The number of ether oxygens (including phenoxy) is 2. The van der Waals surface area contributed by atoms with Crippen LogP contribution in [0.5, 0.6) is 0 Å². The van der Waals surface area contributed by atoms with E-state index in [0.717, 1.165) is 30.4 Å². The van der Waals surface area contributed by atoms with Crippen LogP contribution in [-0.2, 0) is 30.9 Å². The fraction of sp³-hybridized carbons (Fsp3) is 0.625. The van der Waals surface area contributed by atoms with Gasteiger partial charge in [0.25, 0.3) is 0 Å². The van der Waals surface area contributed by atoms with Gasteiger partial charge in [0.05, 0.1) is 12.0 Å². The Balaban J connectivity index is 1.58. The van der Waals surface area contributed by atoms with Crippen molar-refractivity contribution in [2.75, 3.05) is 13.2 Å². The molecule has 4 aliphatic rings. The van der Waals surface area contributed by atoms with E-state index in [9.17, 15) is 14.4 Å². The van der Waals surface area contributed by atoms with E-state index < -0.39 is 26.9 Å². The molecule has 2 bridgehead atoms. The van der Waals surface area contributed by atoms with Gasteiger partial charge in [-0.3, -0.25) is 9.59 Å². The van der Waals surface area contributed by atoms with Crippen LogP contribution in [0, 0.1) is 5.92 Å². The number of esters is 1. The average Bonchev–Trinajstić information content (AvgIpc) is 2.70. The van der Waals surface area contributed by atoms with Gasteiger partial charge in [-0.1, -0.05) is 65.5 Å². The van der Waals surface area contributed by atoms with E-state index in [4.69, 9.17) is 44.3 Å². The standard InChI is InChI=1S/C24H26Cl3NO5/c25-24(26,27)14-32-21(31)28-11-10-22-13-17(29)8-9-23(22,33-20(30)15-5-3-6-15)19(28)12-16-4-1-2-7-18(16)22/h1-2,4,7,15,19H,3,5-6,8-14H2/t19-,22-,23-/m1/s1. The summed E-state index contributed by atoms with van der Waals surface area (Å²) in [7, 11) is 0. The maximum atomic E-state index is 13.2. The van der Waals surface area contributed by atoms with Crippen molar-refractivity contribution in [1.29, 1.82) is 0 Å². The topological polar surface area (TPSA) is 72.9 Å². The van der Waals surface area contributed by atoms with Crippen molar-refractivity contribution < 1.29 is 23.9 Å². The van der Waals surface area contributed by atoms with E-state index in [0.29, 0.717) is 38.6 Å². The number of nitrogens with zero attached hydrogens (tertiary/aromatic N) is 1. The summed E-state index contributed by atoms with van der Waals surface area (Å²) in [6.07, 6.45) is 4.05. The van der Waals surface area contributed by atoms with Crippen LogP contribution in [-0.4, -0.2) is 51.3 Å². The molecule has 0 unspecified atom stereocenters. The van der Waals surface area contributed by atoms with Crippen LogP contribution in [0.4, 0.5) is 4.79 Å². The molecule has 3 aliphatic carbocycles. The van der Waals surface area contributed by atoms with Crippen molar-refractivity contribution >= 4 is 52.6 Å². The third-order valence-electron chi connectivity index (χ3n) is 8.04. The first-order valence-corrected chi connectivity index (χ1v) is 12.6. The van der Waals surface area contributed by atoms with Gasteiger partial charge in [-0.2, -0.15) is 0 Å². The first kappa shape index (κ1) is 23.3.